The molecule has 2 heterocycles. The Balaban J connectivity index is 1.42. The van der Waals surface area contributed by atoms with E-state index >= 15 is 0 Å². The molecule has 2 fully saturated rings. The molecule has 0 aliphatic carbocycles. The summed E-state index contributed by atoms with van der Waals surface area (Å²) >= 11 is 0. The lowest BCUT2D eigenvalue weighted by molar-refractivity contribution is -0.126. The average molecular weight is 485 g/mol. The summed E-state index contributed by atoms with van der Waals surface area (Å²) in [6, 6.07) is 11.8. The number of carbonyl (C=O) groups is 2. The molecule has 2 amide bonds. The lowest BCUT2D eigenvalue weighted by Crippen LogP contribution is -2.67. The van der Waals surface area contributed by atoms with Crippen LogP contribution in [0.2, 0.25) is 0 Å². The number of nitrogens with zero attached hydrogens (tertiary/aromatic N) is 1. The second-order valence-electron chi connectivity index (χ2n) is 9.86. The predicted octanol–water partition coefficient (Wildman–Crippen LogP) is 3.98. The van der Waals surface area contributed by atoms with Gasteiger partial charge in [0.15, 0.2) is 5.78 Å². The number of rotatable bonds is 7. The standard InChI is InChI=1S/C27H34F2N4O2/c1-19(34)27(32-26(35)31-25-10-8-24(29)9-11-25)12-13-30-16-22(27)18-33-14-2-3-21(17-33)15-20-4-6-23(28)7-5-20/h4-11,21-22,30H,2-3,12-18H2,1H3,(H2,31,32,35)/t21-,22+,27-/m0/s1. The topological polar surface area (TPSA) is 73.5 Å². The van der Waals surface area contributed by atoms with Gasteiger partial charge in [-0.3, -0.25) is 4.79 Å². The van der Waals surface area contributed by atoms with Crippen molar-refractivity contribution >= 4 is 17.5 Å². The fraction of sp³-hybridized carbons (Fsp3) is 0.481. The van der Waals surface area contributed by atoms with Gasteiger partial charge in [0, 0.05) is 31.2 Å². The minimum atomic E-state index is -0.973. The monoisotopic (exact) mass is 484 g/mol. The van der Waals surface area contributed by atoms with E-state index in [1.165, 1.54) is 36.4 Å². The maximum Gasteiger partial charge on any atom is 0.320 e. The van der Waals surface area contributed by atoms with E-state index in [4.69, 9.17) is 0 Å². The summed E-state index contributed by atoms with van der Waals surface area (Å²) < 4.78 is 26.5. The minimum absolute atomic E-state index is 0.0573. The number of likely N-dealkylation sites (tertiary alicyclic amines) is 1. The van der Waals surface area contributed by atoms with Crippen molar-refractivity contribution in [3.8, 4) is 0 Å². The quantitative estimate of drug-likeness (QED) is 0.556. The molecule has 3 atom stereocenters. The van der Waals surface area contributed by atoms with Crippen LogP contribution < -0.4 is 16.0 Å². The number of ketones is 1. The molecule has 2 aromatic rings. The number of Topliss-reactive ketones (excluding diaryl/α,β-unsaturated/α-hetero) is 1. The molecule has 4 rings (SSSR count). The van der Waals surface area contributed by atoms with Crippen molar-refractivity contribution in [1.29, 1.82) is 0 Å². The lowest BCUT2D eigenvalue weighted by atomic mass is 9.75. The number of urea groups is 1. The van der Waals surface area contributed by atoms with E-state index in [-0.39, 0.29) is 23.3 Å². The second-order valence-corrected chi connectivity index (χ2v) is 9.86. The van der Waals surface area contributed by atoms with Gasteiger partial charge in [-0.15, -0.1) is 0 Å². The highest BCUT2D eigenvalue weighted by molar-refractivity contribution is 5.96. The number of amides is 2. The van der Waals surface area contributed by atoms with Crippen LogP contribution in [0.3, 0.4) is 0 Å². The van der Waals surface area contributed by atoms with E-state index in [9.17, 15) is 18.4 Å². The lowest BCUT2D eigenvalue weighted by Gasteiger charge is -2.46. The normalized spacial score (nSPS) is 25.1. The Morgan fingerprint density at radius 3 is 2.46 bits per heavy atom. The summed E-state index contributed by atoms with van der Waals surface area (Å²) in [5.41, 5.74) is 0.627. The zero-order chi connectivity index (χ0) is 24.8. The second kappa shape index (κ2) is 11.3. The van der Waals surface area contributed by atoms with Crippen molar-refractivity contribution in [2.45, 2.75) is 38.1 Å². The van der Waals surface area contributed by atoms with Gasteiger partial charge >= 0.3 is 6.03 Å². The third-order valence-corrected chi connectivity index (χ3v) is 7.37. The van der Waals surface area contributed by atoms with Crippen molar-refractivity contribution in [3.05, 3.63) is 65.7 Å². The number of carbonyl (C=O) groups excluding carboxylic acids is 2. The highest BCUT2D eigenvalue weighted by Crippen LogP contribution is 2.29. The molecule has 0 bridgehead atoms. The molecule has 2 aliphatic heterocycles. The van der Waals surface area contributed by atoms with Crippen molar-refractivity contribution in [1.82, 2.24) is 15.5 Å². The summed E-state index contributed by atoms with van der Waals surface area (Å²) in [4.78, 5) is 28.2. The largest absolute Gasteiger partial charge is 0.325 e. The van der Waals surface area contributed by atoms with Crippen LogP contribution in [-0.4, -0.2) is 55.0 Å². The van der Waals surface area contributed by atoms with E-state index in [2.05, 4.69) is 20.9 Å². The number of anilines is 1. The van der Waals surface area contributed by atoms with Crippen LogP contribution >= 0.6 is 0 Å². The molecule has 0 unspecified atom stereocenters. The Morgan fingerprint density at radius 2 is 1.77 bits per heavy atom. The fourth-order valence-corrected chi connectivity index (χ4v) is 5.52. The first-order valence-corrected chi connectivity index (χ1v) is 12.4. The molecular weight excluding hydrogens is 450 g/mol. The molecule has 0 aromatic heterocycles. The van der Waals surface area contributed by atoms with Gasteiger partial charge in [-0.05, 0) is 93.6 Å². The van der Waals surface area contributed by atoms with Crippen molar-refractivity contribution in [2.75, 3.05) is 38.0 Å². The molecule has 2 saturated heterocycles. The summed E-state index contributed by atoms with van der Waals surface area (Å²) in [5, 5.41) is 9.12. The average Bonchev–Trinajstić information content (AvgIpc) is 2.83. The van der Waals surface area contributed by atoms with E-state index in [0.29, 0.717) is 37.7 Å². The Labute approximate surface area is 205 Å². The van der Waals surface area contributed by atoms with E-state index in [0.717, 1.165) is 37.9 Å². The van der Waals surface area contributed by atoms with Gasteiger partial charge in [0.2, 0.25) is 0 Å². The Morgan fingerprint density at radius 1 is 1.09 bits per heavy atom. The summed E-state index contributed by atoms with van der Waals surface area (Å²) in [7, 11) is 0. The Bertz CT molecular complexity index is 1010. The molecule has 2 aromatic carbocycles. The van der Waals surface area contributed by atoms with Crippen LogP contribution in [0.1, 0.15) is 31.7 Å². The molecule has 3 N–H and O–H groups in total. The molecule has 0 spiro atoms. The smallest absolute Gasteiger partial charge is 0.320 e. The van der Waals surface area contributed by atoms with Crippen molar-refractivity contribution in [3.63, 3.8) is 0 Å². The van der Waals surface area contributed by atoms with Gasteiger partial charge in [-0.1, -0.05) is 12.1 Å². The maximum absolute atomic E-state index is 13.3. The number of halogens is 2. The maximum atomic E-state index is 13.3. The predicted molar refractivity (Wildman–Crippen MR) is 132 cm³/mol. The van der Waals surface area contributed by atoms with Crippen molar-refractivity contribution in [2.24, 2.45) is 11.8 Å². The SMILES string of the molecule is CC(=O)[C@@]1(NC(=O)Nc2ccc(F)cc2)CCNC[C@@H]1CN1CCC[C@@H](Cc2ccc(F)cc2)C1. The minimum Gasteiger partial charge on any atom is -0.325 e. The zero-order valence-electron chi connectivity index (χ0n) is 20.2. The van der Waals surface area contributed by atoms with E-state index in [1.54, 1.807) is 6.92 Å². The Hall–Kier alpha value is -2.84. The number of nitrogens with one attached hydrogen (secondary N) is 3. The van der Waals surface area contributed by atoms with Gasteiger partial charge < -0.3 is 20.9 Å². The summed E-state index contributed by atoms with van der Waals surface area (Å²) in [5.74, 6) is -0.281. The first-order valence-electron chi connectivity index (χ1n) is 12.4. The summed E-state index contributed by atoms with van der Waals surface area (Å²) in [6.45, 7) is 5.37. The van der Waals surface area contributed by atoms with Crippen LogP contribution in [0, 0.1) is 23.5 Å². The van der Waals surface area contributed by atoms with Gasteiger partial charge in [-0.2, -0.15) is 0 Å². The third-order valence-electron chi connectivity index (χ3n) is 7.37. The molecule has 0 radical (unpaired) electrons. The van der Waals surface area contributed by atoms with Gasteiger partial charge in [0.05, 0.1) is 0 Å². The molecule has 188 valence electrons. The third kappa shape index (κ3) is 6.44. The van der Waals surface area contributed by atoms with Crippen LogP contribution in [0.4, 0.5) is 19.3 Å². The van der Waals surface area contributed by atoms with E-state index in [1.807, 2.05) is 12.1 Å². The zero-order valence-corrected chi connectivity index (χ0v) is 20.2. The highest BCUT2D eigenvalue weighted by atomic mass is 19.1. The molecule has 8 heteroatoms. The van der Waals surface area contributed by atoms with Crippen molar-refractivity contribution < 1.29 is 18.4 Å². The Kier molecular flexibility index (Phi) is 8.13. The van der Waals surface area contributed by atoms with Crippen LogP contribution in [0.15, 0.2) is 48.5 Å². The molecule has 0 saturated carbocycles. The van der Waals surface area contributed by atoms with Crippen LogP contribution in [-0.2, 0) is 11.2 Å². The van der Waals surface area contributed by atoms with Gasteiger partial charge in [-0.25, -0.2) is 13.6 Å². The number of hydrogen-bond donors (Lipinski definition) is 3. The molecule has 35 heavy (non-hydrogen) atoms. The van der Waals surface area contributed by atoms with Crippen LogP contribution in [0.5, 0.6) is 0 Å². The first-order chi connectivity index (χ1) is 16.8. The molecular formula is C27H34F2N4O2. The number of benzene rings is 2. The summed E-state index contributed by atoms with van der Waals surface area (Å²) in [6.07, 6.45) is 3.59. The van der Waals surface area contributed by atoms with E-state index < -0.39 is 11.6 Å². The first kappa shape index (κ1) is 25.3. The van der Waals surface area contributed by atoms with Gasteiger partial charge in [0.1, 0.15) is 17.2 Å². The molecule has 6 nitrogen and oxygen atoms in total. The highest BCUT2D eigenvalue weighted by Gasteiger charge is 2.46. The fourth-order valence-electron chi connectivity index (χ4n) is 5.52. The number of hydrogen-bond acceptors (Lipinski definition) is 4. The molecule has 2 aliphatic rings. The van der Waals surface area contributed by atoms with Gasteiger partial charge in [0.25, 0.3) is 0 Å². The van der Waals surface area contributed by atoms with Crippen LogP contribution in [0.25, 0.3) is 0 Å². The number of piperidine rings is 2.